The number of nitro groups is 1. The molecular formula is C21H24ClN5O4S. The Labute approximate surface area is 195 Å². The minimum absolute atomic E-state index is 0.149. The van der Waals surface area contributed by atoms with Crippen LogP contribution < -0.4 is 10.2 Å². The first-order valence-corrected chi connectivity index (χ1v) is 11.9. The maximum absolute atomic E-state index is 13.2. The summed E-state index contributed by atoms with van der Waals surface area (Å²) in [7, 11) is 0. The van der Waals surface area contributed by atoms with Crippen LogP contribution >= 0.6 is 23.4 Å². The number of nitro benzene ring substituents is 1. The number of anilines is 1. The summed E-state index contributed by atoms with van der Waals surface area (Å²) in [6.45, 7) is 2.12. The molecule has 0 saturated carbocycles. The van der Waals surface area contributed by atoms with Gasteiger partial charge >= 0.3 is 0 Å². The number of amides is 2. The van der Waals surface area contributed by atoms with Crippen LogP contribution in [0.2, 0.25) is 5.02 Å². The normalized spacial score (nSPS) is 14.7. The van der Waals surface area contributed by atoms with E-state index in [-0.39, 0.29) is 17.2 Å². The van der Waals surface area contributed by atoms with Crippen LogP contribution in [-0.2, 0) is 4.79 Å². The minimum atomic E-state index is -0.709. The van der Waals surface area contributed by atoms with Crippen molar-refractivity contribution in [1.82, 2.24) is 15.2 Å². The Bertz CT molecular complexity index is 984. The second-order valence-corrected chi connectivity index (χ2v) is 8.63. The molecule has 9 nitrogen and oxygen atoms in total. The standard InChI is InChI=1S/C21H24ClN5O4S/c1-32-13-7-18(24-20(28)15-4-2-5-16(14-15)27(30)31)21(29)26-11-9-25(10-12-26)19-17(22)6-3-8-23-19/h2-6,8,14,18H,7,9-13H2,1H3,(H,24,28). The topological polar surface area (TPSA) is 109 Å². The Hall–Kier alpha value is -2.85. The van der Waals surface area contributed by atoms with Crippen LogP contribution in [0.3, 0.4) is 0 Å². The number of pyridine rings is 1. The molecular weight excluding hydrogens is 454 g/mol. The van der Waals surface area contributed by atoms with Crippen LogP contribution in [0.15, 0.2) is 42.6 Å². The zero-order chi connectivity index (χ0) is 23.1. The molecule has 3 rings (SSSR count). The highest BCUT2D eigenvalue weighted by Gasteiger charge is 2.29. The van der Waals surface area contributed by atoms with Gasteiger partial charge in [0, 0.05) is 50.1 Å². The van der Waals surface area contributed by atoms with E-state index in [0.717, 1.165) is 0 Å². The molecule has 170 valence electrons. The van der Waals surface area contributed by atoms with E-state index in [4.69, 9.17) is 11.6 Å². The van der Waals surface area contributed by atoms with Gasteiger partial charge in [-0.3, -0.25) is 19.7 Å². The molecule has 32 heavy (non-hydrogen) atoms. The highest BCUT2D eigenvalue weighted by Crippen LogP contribution is 2.23. The number of benzene rings is 1. The van der Waals surface area contributed by atoms with Gasteiger partial charge in [-0.2, -0.15) is 11.8 Å². The Kier molecular flexibility index (Phi) is 8.29. The zero-order valence-electron chi connectivity index (χ0n) is 17.6. The van der Waals surface area contributed by atoms with Gasteiger partial charge in [-0.15, -0.1) is 0 Å². The average Bonchev–Trinajstić information content (AvgIpc) is 2.81. The van der Waals surface area contributed by atoms with Gasteiger partial charge < -0.3 is 15.1 Å². The fraction of sp³-hybridized carbons (Fsp3) is 0.381. The van der Waals surface area contributed by atoms with Crippen LogP contribution in [0.5, 0.6) is 0 Å². The summed E-state index contributed by atoms with van der Waals surface area (Å²) in [5.74, 6) is 0.714. The smallest absolute Gasteiger partial charge is 0.270 e. The lowest BCUT2D eigenvalue weighted by molar-refractivity contribution is -0.384. The molecule has 1 saturated heterocycles. The quantitative estimate of drug-likeness (QED) is 0.460. The maximum Gasteiger partial charge on any atom is 0.270 e. The van der Waals surface area contributed by atoms with Gasteiger partial charge in [0.25, 0.3) is 11.6 Å². The first kappa shape index (κ1) is 23.8. The molecule has 2 heterocycles. The van der Waals surface area contributed by atoms with Crippen molar-refractivity contribution < 1.29 is 14.5 Å². The lowest BCUT2D eigenvalue weighted by Crippen LogP contribution is -2.55. The molecule has 1 aliphatic rings. The summed E-state index contributed by atoms with van der Waals surface area (Å²) < 4.78 is 0. The van der Waals surface area contributed by atoms with Gasteiger partial charge in [0.15, 0.2) is 0 Å². The van der Waals surface area contributed by atoms with Crippen LogP contribution in [0.1, 0.15) is 16.8 Å². The zero-order valence-corrected chi connectivity index (χ0v) is 19.1. The number of non-ortho nitro benzene ring substituents is 1. The van der Waals surface area contributed by atoms with E-state index in [2.05, 4.69) is 10.3 Å². The van der Waals surface area contributed by atoms with Crippen molar-refractivity contribution in [1.29, 1.82) is 0 Å². The number of hydrogen-bond donors (Lipinski definition) is 1. The minimum Gasteiger partial charge on any atom is -0.352 e. The molecule has 1 aromatic carbocycles. The molecule has 1 N–H and O–H groups in total. The van der Waals surface area contributed by atoms with Crippen molar-refractivity contribution in [3.8, 4) is 0 Å². The molecule has 0 spiro atoms. The fourth-order valence-corrected chi connectivity index (χ4v) is 4.18. The monoisotopic (exact) mass is 477 g/mol. The van der Waals surface area contributed by atoms with E-state index in [1.165, 1.54) is 24.3 Å². The van der Waals surface area contributed by atoms with Crippen LogP contribution in [-0.4, -0.2) is 70.9 Å². The van der Waals surface area contributed by atoms with Crippen molar-refractivity contribution in [3.05, 3.63) is 63.3 Å². The second-order valence-electron chi connectivity index (χ2n) is 7.24. The van der Waals surface area contributed by atoms with E-state index >= 15 is 0 Å². The predicted molar refractivity (Wildman–Crippen MR) is 125 cm³/mol. The molecule has 2 amide bonds. The van der Waals surface area contributed by atoms with E-state index in [1.54, 1.807) is 35.0 Å². The Morgan fingerprint density at radius 3 is 2.66 bits per heavy atom. The molecule has 1 unspecified atom stereocenters. The summed E-state index contributed by atoms with van der Waals surface area (Å²) >= 11 is 7.81. The predicted octanol–water partition coefficient (Wildman–Crippen LogP) is 2.84. The highest BCUT2D eigenvalue weighted by molar-refractivity contribution is 7.98. The third kappa shape index (κ3) is 5.89. The van der Waals surface area contributed by atoms with Gasteiger partial charge in [0.1, 0.15) is 11.9 Å². The largest absolute Gasteiger partial charge is 0.352 e. The summed E-state index contributed by atoms with van der Waals surface area (Å²) in [5.41, 5.74) is -0.0234. The van der Waals surface area contributed by atoms with Crippen molar-refractivity contribution >= 4 is 46.7 Å². The lowest BCUT2D eigenvalue weighted by atomic mass is 10.1. The molecule has 11 heteroatoms. The van der Waals surface area contributed by atoms with Crippen molar-refractivity contribution in [2.75, 3.05) is 43.1 Å². The average molecular weight is 478 g/mol. The van der Waals surface area contributed by atoms with Gasteiger partial charge in [-0.1, -0.05) is 17.7 Å². The second kappa shape index (κ2) is 11.1. The summed E-state index contributed by atoms with van der Waals surface area (Å²) in [6, 6.07) is 8.32. The molecule has 1 aromatic heterocycles. The number of rotatable bonds is 8. The number of piperazine rings is 1. The van der Waals surface area contributed by atoms with E-state index in [1.807, 2.05) is 11.2 Å². The Morgan fingerprint density at radius 2 is 2.00 bits per heavy atom. The van der Waals surface area contributed by atoms with Crippen LogP contribution in [0.4, 0.5) is 11.5 Å². The third-order valence-electron chi connectivity index (χ3n) is 5.16. The number of carbonyl (C=O) groups is 2. The molecule has 0 bridgehead atoms. The van der Waals surface area contributed by atoms with Gasteiger partial charge in [-0.05, 0) is 36.6 Å². The summed E-state index contributed by atoms with van der Waals surface area (Å²) in [4.78, 5) is 44.4. The number of nitrogens with one attached hydrogen (secondary N) is 1. The Balaban J connectivity index is 1.66. The Morgan fingerprint density at radius 1 is 1.25 bits per heavy atom. The van der Waals surface area contributed by atoms with E-state index in [9.17, 15) is 19.7 Å². The van der Waals surface area contributed by atoms with Crippen molar-refractivity contribution in [3.63, 3.8) is 0 Å². The highest BCUT2D eigenvalue weighted by atomic mass is 35.5. The fourth-order valence-electron chi connectivity index (χ4n) is 3.46. The lowest BCUT2D eigenvalue weighted by Gasteiger charge is -2.37. The van der Waals surface area contributed by atoms with Crippen LogP contribution in [0, 0.1) is 10.1 Å². The summed E-state index contributed by atoms with van der Waals surface area (Å²) in [5, 5.41) is 14.3. The van der Waals surface area contributed by atoms with Crippen LogP contribution in [0.25, 0.3) is 0 Å². The molecule has 1 atom stereocenters. The number of nitrogens with zero attached hydrogens (tertiary/aromatic N) is 4. The first-order valence-electron chi connectivity index (χ1n) is 10.1. The van der Waals surface area contributed by atoms with E-state index < -0.39 is 16.9 Å². The number of thioether (sulfide) groups is 1. The molecule has 1 fully saturated rings. The number of halogens is 1. The number of carbonyl (C=O) groups excluding carboxylic acids is 2. The first-order chi connectivity index (χ1) is 15.4. The van der Waals surface area contributed by atoms with Gasteiger partial charge in [-0.25, -0.2) is 4.98 Å². The SMILES string of the molecule is CSCCC(NC(=O)c1cccc([N+](=O)[O-])c1)C(=O)N1CCN(c2ncccc2Cl)CC1. The number of hydrogen-bond acceptors (Lipinski definition) is 7. The molecule has 0 radical (unpaired) electrons. The molecule has 1 aliphatic heterocycles. The van der Waals surface area contributed by atoms with Crippen molar-refractivity contribution in [2.45, 2.75) is 12.5 Å². The van der Waals surface area contributed by atoms with Gasteiger partial charge in [0.2, 0.25) is 5.91 Å². The maximum atomic E-state index is 13.2. The summed E-state index contributed by atoms with van der Waals surface area (Å²) in [6.07, 6.45) is 4.08. The van der Waals surface area contributed by atoms with Gasteiger partial charge in [0.05, 0.1) is 9.95 Å². The van der Waals surface area contributed by atoms with Crippen molar-refractivity contribution in [2.24, 2.45) is 0 Å². The third-order valence-corrected chi connectivity index (χ3v) is 6.10. The van der Waals surface area contributed by atoms with E-state index in [0.29, 0.717) is 49.2 Å². The molecule has 2 aromatic rings. The number of aromatic nitrogens is 1. The molecule has 0 aliphatic carbocycles.